The van der Waals surface area contributed by atoms with Crippen LogP contribution in [0.5, 0.6) is 0 Å². The lowest BCUT2D eigenvalue weighted by atomic mass is 9.81. The van der Waals surface area contributed by atoms with Crippen LogP contribution in [0.2, 0.25) is 0 Å². The first-order valence-electron chi connectivity index (χ1n) is 9.99. The van der Waals surface area contributed by atoms with Crippen molar-refractivity contribution in [2.45, 2.75) is 36.8 Å². The van der Waals surface area contributed by atoms with E-state index in [9.17, 15) is 17.2 Å². The van der Waals surface area contributed by atoms with E-state index < -0.39 is 45.5 Å². The van der Waals surface area contributed by atoms with Crippen molar-refractivity contribution in [3.63, 3.8) is 0 Å². The highest BCUT2D eigenvalue weighted by Gasteiger charge is 2.67. The van der Waals surface area contributed by atoms with Crippen LogP contribution in [0, 0.1) is 17.8 Å². The van der Waals surface area contributed by atoms with Crippen LogP contribution in [-0.4, -0.2) is 36.9 Å². The highest BCUT2D eigenvalue weighted by atomic mass is 32.2. The zero-order chi connectivity index (χ0) is 21.1. The largest absolute Gasteiger partial charge is 0.336 e. The second-order valence-corrected chi connectivity index (χ2v) is 9.96. The van der Waals surface area contributed by atoms with Gasteiger partial charge in [-0.25, -0.2) is 8.78 Å². The smallest absolute Gasteiger partial charge is 0.270 e. The van der Waals surface area contributed by atoms with Gasteiger partial charge in [-0.2, -0.15) is 8.42 Å². The zero-order valence-electron chi connectivity index (χ0n) is 16.0. The number of hydrogen-bond donors (Lipinski definition) is 1. The maximum Gasteiger partial charge on any atom is 0.270 e. The van der Waals surface area contributed by atoms with E-state index >= 15 is 0 Å². The summed E-state index contributed by atoms with van der Waals surface area (Å²) >= 11 is 0. The van der Waals surface area contributed by atoms with E-state index in [1.807, 2.05) is 60.7 Å². The quantitative estimate of drug-likeness (QED) is 0.721. The van der Waals surface area contributed by atoms with E-state index in [0.717, 1.165) is 11.1 Å². The summed E-state index contributed by atoms with van der Waals surface area (Å²) in [5.74, 6) is -8.13. The molecule has 3 fully saturated rings. The summed E-state index contributed by atoms with van der Waals surface area (Å²) < 4.78 is 73.7. The highest BCUT2D eigenvalue weighted by Crippen LogP contribution is 2.61. The van der Waals surface area contributed by atoms with Gasteiger partial charge in [0.15, 0.2) is 0 Å². The number of rotatable bonds is 5. The van der Waals surface area contributed by atoms with E-state index in [1.165, 1.54) is 0 Å². The van der Waals surface area contributed by atoms with E-state index in [0.29, 0.717) is 6.42 Å². The standard InChI is InChI=1S/C22H22F2O5S/c23-21(24,13-30(25,26)27)18-12-14-11-17(18)20-19(14)28-22(29-20,15-7-3-1-4-8-15)16-9-5-2-6-10-16/h1-10,14,17-20H,11-13H2,(H,25,26,27). The fourth-order valence-corrected chi connectivity index (χ4v) is 6.27. The van der Waals surface area contributed by atoms with E-state index in [-0.39, 0.29) is 18.4 Å². The lowest BCUT2D eigenvalue weighted by Crippen LogP contribution is -2.45. The van der Waals surface area contributed by atoms with Gasteiger partial charge < -0.3 is 9.47 Å². The molecule has 5 unspecified atom stereocenters. The average molecular weight is 436 g/mol. The Bertz CT molecular complexity index is 989. The fourth-order valence-electron chi connectivity index (χ4n) is 5.57. The van der Waals surface area contributed by atoms with Gasteiger partial charge in [0.05, 0.1) is 12.2 Å². The Labute approximate surface area is 173 Å². The number of alkyl halides is 2. The molecule has 2 aliphatic carbocycles. The Kier molecular flexibility index (Phi) is 4.56. The summed E-state index contributed by atoms with van der Waals surface area (Å²) in [5.41, 5.74) is 1.57. The number of hydrogen-bond acceptors (Lipinski definition) is 4. The predicted molar refractivity (Wildman–Crippen MR) is 104 cm³/mol. The molecular weight excluding hydrogens is 414 g/mol. The maximum atomic E-state index is 14.7. The molecule has 30 heavy (non-hydrogen) atoms. The van der Waals surface area contributed by atoms with Crippen LogP contribution < -0.4 is 0 Å². The molecule has 8 heteroatoms. The Morgan fingerprint density at radius 1 is 0.933 bits per heavy atom. The van der Waals surface area contributed by atoms with Gasteiger partial charge in [0, 0.05) is 17.0 Å². The molecule has 2 bridgehead atoms. The summed E-state index contributed by atoms with van der Waals surface area (Å²) in [4.78, 5) is 0. The van der Waals surface area contributed by atoms with Crippen LogP contribution in [0.3, 0.4) is 0 Å². The first-order chi connectivity index (χ1) is 14.2. The van der Waals surface area contributed by atoms with Gasteiger partial charge in [-0.3, -0.25) is 4.55 Å². The molecule has 0 radical (unpaired) electrons. The third-order valence-corrected chi connectivity index (χ3v) is 7.44. The van der Waals surface area contributed by atoms with Crippen LogP contribution >= 0.6 is 0 Å². The molecule has 5 nitrogen and oxygen atoms in total. The first kappa shape index (κ1) is 20.1. The van der Waals surface area contributed by atoms with Crippen molar-refractivity contribution in [1.29, 1.82) is 0 Å². The molecule has 3 aliphatic rings. The normalized spacial score (nSPS) is 32.3. The molecule has 2 saturated carbocycles. The van der Waals surface area contributed by atoms with Crippen molar-refractivity contribution in [3.05, 3.63) is 71.8 Å². The van der Waals surface area contributed by atoms with Crippen molar-refractivity contribution in [1.82, 2.24) is 0 Å². The van der Waals surface area contributed by atoms with Gasteiger partial charge in [-0.1, -0.05) is 60.7 Å². The Morgan fingerprint density at radius 2 is 1.47 bits per heavy atom. The van der Waals surface area contributed by atoms with Crippen LogP contribution in [0.25, 0.3) is 0 Å². The SMILES string of the molecule is O=S(=O)(O)CC(F)(F)C1CC2CC1C1OC(c3ccccc3)(c3ccccc3)OC21. The van der Waals surface area contributed by atoms with Crippen LogP contribution in [-0.2, 0) is 25.4 Å². The van der Waals surface area contributed by atoms with Crippen molar-refractivity contribution in [2.75, 3.05) is 5.75 Å². The Balaban J connectivity index is 1.50. The molecule has 0 spiro atoms. The van der Waals surface area contributed by atoms with Crippen LogP contribution in [0.1, 0.15) is 24.0 Å². The number of halogens is 2. The van der Waals surface area contributed by atoms with Gasteiger partial charge >= 0.3 is 0 Å². The second kappa shape index (κ2) is 6.82. The maximum absolute atomic E-state index is 14.7. The molecule has 1 aliphatic heterocycles. The van der Waals surface area contributed by atoms with Crippen LogP contribution in [0.15, 0.2) is 60.7 Å². The van der Waals surface area contributed by atoms with Gasteiger partial charge in [0.1, 0.15) is 5.75 Å². The number of fused-ring (bicyclic) bond motifs is 5. The molecule has 160 valence electrons. The molecule has 1 saturated heterocycles. The summed E-state index contributed by atoms with van der Waals surface area (Å²) in [6.45, 7) is 0. The van der Waals surface area contributed by atoms with Crippen LogP contribution in [0.4, 0.5) is 8.78 Å². The third kappa shape index (κ3) is 3.17. The minimum atomic E-state index is -4.79. The van der Waals surface area contributed by atoms with E-state index in [2.05, 4.69) is 0 Å². The summed E-state index contributed by atoms with van der Waals surface area (Å²) in [6, 6.07) is 18.8. The monoisotopic (exact) mass is 436 g/mol. The lowest BCUT2D eigenvalue weighted by Gasteiger charge is -2.34. The minimum absolute atomic E-state index is 0.147. The van der Waals surface area contributed by atoms with Crippen molar-refractivity contribution in [2.24, 2.45) is 17.8 Å². The van der Waals surface area contributed by atoms with Crippen molar-refractivity contribution >= 4 is 10.1 Å². The molecule has 5 rings (SSSR count). The van der Waals surface area contributed by atoms with Crippen molar-refractivity contribution < 1.29 is 31.2 Å². The lowest BCUT2D eigenvalue weighted by molar-refractivity contribution is -0.165. The van der Waals surface area contributed by atoms with E-state index in [4.69, 9.17) is 14.0 Å². The average Bonchev–Trinajstić information content (AvgIpc) is 3.38. The van der Waals surface area contributed by atoms with Gasteiger partial charge in [-0.15, -0.1) is 0 Å². The fraction of sp³-hybridized carbons (Fsp3) is 0.455. The summed E-state index contributed by atoms with van der Waals surface area (Å²) in [7, 11) is -4.79. The molecule has 0 amide bonds. The topological polar surface area (TPSA) is 72.8 Å². The molecule has 1 N–H and O–H groups in total. The van der Waals surface area contributed by atoms with Gasteiger partial charge in [0.2, 0.25) is 5.79 Å². The second-order valence-electron chi connectivity index (χ2n) is 8.50. The molecule has 2 aromatic carbocycles. The van der Waals surface area contributed by atoms with Gasteiger partial charge in [-0.05, 0) is 24.7 Å². The molecule has 0 aromatic heterocycles. The predicted octanol–water partition coefficient (Wildman–Crippen LogP) is 3.85. The van der Waals surface area contributed by atoms with Crippen molar-refractivity contribution in [3.8, 4) is 0 Å². The number of benzene rings is 2. The summed E-state index contributed by atoms with van der Waals surface area (Å²) in [6.07, 6.45) is -0.257. The first-order valence-corrected chi connectivity index (χ1v) is 11.6. The highest BCUT2D eigenvalue weighted by molar-refractivity contribution is 7.85. The number of ether oxygens (including phenoxy) is 2. The summed E-state index contributed by atoms with van der Waals surface area (Å²) in [5, 5.41) is 0. The Hall–Kier alpha value is -1.87. The molecule has 5 atom stereocenters. The zero-order valence-corrected chi connectivity index (χ0v) is 16.8. The van der Waals surface area contributed by atoms with E-state index in [1.54, 1.807) is 0 Å². The molecular formula is C22H22F2O5S. The molecule has 1 heterocycles. The third-order valence-electron chi connectivity index (χ3n) is 6.69. The minimum Gasteiger partial charge on any atom is -0.336 e. The Morgan fingerprint density at radius 3 is 2.00 bits per heavy atom. The van der Waals surface area contributed by atoms with Gasteiger partial charge in [0.25, 0.3) is 16.0 Å². The molecule has 2 aromatic rings.